The summed E-state index contributed by atoms with van der Waals surface area (Å²) < 4.78 is 20.4. The van der Waals surface area contributed by atoms with Gasteiger partial charge in [0.15, 0.2) is 11.5 Å². The number of carbonyl (C=O) groups excluding carboxylic acids is 1. The van der Waals surface area contributed by atoms with Crippen LogP contribution in [0.3, 0.4) is 0 Å². The fourth-order valence-electron chi connectivity index (χ4n) is 4.28. The Morgan fingerprint density at radius 3 is 1.74 bits per heavy atom. The van der Waals surface area contributed by atoms with Gasteiger partial charge in [0, 0.05) is 5.56 Å². The Morgan fingerprint density at radius 1 is 0.684 bits per heavy atom. The van der Waals surface area contributed by atoms with E-state index < -0.39 is 16.7 Å². The van der Waals surface area contributed by atoms with Gasteiger partial charge >= 0.3 is 6.09 Å². The first-order valence-corrected chi connectivity index (χ1v) is 14.0. The lowest BCUT2D eigenvalue weighted by atomic mass is 10.2. The van der Waals surface area contributed by atoms with E-state index >= 15 is 0 Å². The lowest BCUT2D eigenvalue weighted by molar-refractivity contribution is 0.215. The number of ether oxygens (including phenoxy) is 1. The number of nitrogens with one attached hydrogen (secondary N) is 1. The lowest BCUT2D eigenvalue weighted by Gasteiger charge is -2.39. The van der Waals surface area contributed by atoms with Gasteiger partial charge in [0.2, 0.25) is 0 Å². The summed E-state index contributed by atoms with van der Waals surface area (Å²) in [6, 6.07) is 37.9. The number of benzene rings is 4. The number of para-hydroxylation sites is 4. The molecule has 2 heterocycles. The molecule has 0 spiro atoms. The normalized spacial score (nSPS) is 14.2. The van der Waals surface area contributed by atoms with Crippen LogP contribution in [-0.2, 0) is 11.5 Å². The van der Waals surface area contributed by atoms with Crippen LogP contribution >= 0.6 is 10.6 Å². The first-order valence-electron chi connectivity index (χ1n) is 12.2. The minimum atomic E-state index is -2.17. The van der Waals surface area contributed by atoms with Crippen LogP contribution in [0.4, 0.5) is 10.6 Å². The van der Waals surface area contributed by atoms with Gasteiger partial charge in [-0.3, -0.25) is 5.32 Å². The summed E-state index contributed by atoms with van der Waals surface area (Å²) >= 11 is 0. The molecule has 0 atom stereocenters. The zero-order valence-corrected chi connectivity index (χ0v) is 21.2. The summed E-state index contributed by atoms with van der Waals surface area (Å²) in [7, 11) is -2.17. The van der Waals surface area contributed by atoms with Crippen molar-refractivity contribution in [3.8, 4) is 22.9 Å². The second-order valence-electron chi connectivity index (χ2n) is 8.67. The molecule has 0 unspecified atom stereocenters. The Balaban J connectivity index is 1.36. The molecule has 1 amide bonds. The molecule has 5 aromatic rings. The van der Waals surface area contributed by atoms with E-state index in [-0.39, 0.29) is 0 Å². The lowest BCUT2D eigenvalue weighted by Crippen LogP contribution is -2.21. The summed E-state index contributed by atoms with van der Waals surface area (Å²) in [5.74, 6) is 3.34. The molecular formula is C30H25N3O4S. The Labute approximate surface area is 222 Å². The standard InChI is InChI=1S/C30H25N3O4S/c34-30(35-24-15-7-2-8-16-24)31-29-27-21-38(36-25-17-9-3-10-18-25,37-26-19-11-4-12-20-26)22-28(27)32-33(29)23-13-5-1-6-14-23/h1-20H,21-22H2,(H,31,34). The van der Waals surface area contributed by atoms with Crippen LogP contribution in [0.25, 0.3) is 5.69 Å². The minimum absolute atomic E-state index is 0.444. The summed E-state index contributed by atoms with van der Waals surface area (Å²) in [5, 5.41) is 7.85. The molecule has 0 aliphatic carbocycles. The van der Waals surface area contributed by atoms with Gasteiger partial charge in [-0.1, -0.05) is 72.8 Å². The quantitative estimate of drug-likeness (QED) is 0.242. The summed E-state index contributed by atoms with van der Waals surface area (Å²) in [6.45, 7) is 0. The van der Waals surface area contributed by atoms with Crippen LogP contribution in [0.5, 0.6) is 17.2 Å². The molecule has 190 valence electrons. The predicted molar refractivity (Wildman–Crippen MR) is 149 cm³/mol. The van der Waals surface area contributed by atoms with Gasteiger partial charge in [-0.25, -0.2) is 9.48 Å². The Morgan fingerprint density at radius 2 is 1.18 bits per heavy atom. The number of nitrogens with zero attached hydrogens (tertiary/aromatic N) is 2. The van der Waals surface area contributed by atoms with Crippen molar-refractivity contribution in [2.75, 3.05) is 5.32 Å². The molecule has 0 saturated carbocycles. The van der Waals surface area contributed by atoms with E-state index in [4.69, 9.17) is 18.2 Å². The average Bonchev–Trinajstić information content (AvgIpc) is 3.45. The maximum absolute atomic E-state index is 13.0. The number of aromatic nitrogens is 2. The summed E-state index contributed by atoms with van der Waals surface area (Å²) in [4.78, 5) is 13.0. The topological polar surface area (TPSA) is 74.6 Å². The van der Waals surface area contributed by atoms with Gasteiger partial charge in [0.25, 0.3) is 0 Å². The van der Waals surface area contributed by atoms with Gasteiger partial charge in [-0.05, 0) is 48.5 Å². The van der Waals surface area contributed by atoms with E-state index in [2.05, 4.69) is 5.32 Å². The number of carbonyl (C=O) groups is 1. The average molecular weight is 524 g/mol. The maximum atomic E-state index is 13.0. The first kappa shape index (κ1) is 23.7. The molecule has 6 rings (SSSR count). The molecule has 1 aliphatic heterocycles. The van der Waals surface area contributed by atoms with E-state index in [1.807, 2.05) is 109 Å². The van der Waals surface area contributed by atoms with Crippen LogP contribution in [0.1, 0.15) is 11.3 Å². The highest BCUT2D eigenvalue weighted by atomic mass is 32.3. The van der Waals surface area contributed by atoms with Crippen molar-refractivity contribution in [1.29, 1.82) is 0 Å². The second-order valence-corrected chi connectivity index (χ2v) is 11.1. The van der Waals surface area contributed by atoms with E-state index in [0.29, 0.717) is 23.1 Å². The third-order valence-corrected chi connectivity index (χ3v) is 8.38. The molecule has 0 bridgehead atoms. The van der Waals surface area contributed by atoms with E-state index in [0.717, 1.165) is 28.4 Å². The fourth-order valence-corrected chi connectivity index (χ4v) is 6.97. The van der Waals surface area contributed by atoms with E-state index in [9.17, 15) is 4.79 Å². The molecule has 4 aromatic carbocycles. The van der Waals surface area contributed by atoms with Crippen molar-refractivity contribution < 1.29 is 17.9 Å². The number of amides is 1. The molecule has 8 heteroatoms. The maximum Gasteiger partial charge on any atom is 0.418 e. The molecule has 1 aromatic heterocycles. The molecule has 7 nitrogen and oxygen atoms in total. The first-order chi connectivity index (χ1) is 18.7. The minimum Gasteiger partial charge on any atom is -0.410 e. The number of fused-ring (bicyclic) bond motifs is 1. The van der Waals surface area contributed by atoms with Crippen LogP contribution in [-0.4, -0.2) is 15.9 Å². The monoisotopic (exact) mass is 523 g/mol. The van der Waals surface area contributed by atoms with Crippen molar-refractivity contribution in [2.45, 2.75) is 11.5 Å². The third kappa shape index (κ3) is 5.07. The molecule has 1 aliphatic rings. The largest absolute Gasteiger partial charge is 0.418 e. The highest BCUT2D eigenvalue weighted by Gasteiger charge is 2.39. The van der Waals surface area contributed by atoms with Crippen molar-refractivity contribution in [2.24, 2.45) is 0 Å². The van der Waals surface area contributed by atoms with Crippen LogP contribution in [0.15, 0.2) is 121 Å². The predicted octanol–water partition coefficient (Wildman–Crippen LogP) is 7.29. The Hall–Kier alpha value is -4.69. The van der Waals surface area contributed by atoms with Crippen LogP contribution < -0.4 is 18.4 Å². The van der Waals surface area contributed by atoms with Gasteiger partial charge in [-0.15, -0.1) is 10.6 Å². The summed E-state index contributed by atoms with van der Waals surface area (Å²) in [5.41, 5.74) is 2.50. The van der Waals surface area contributed by atoms with Crippen molar-refractivity contribution in [3.05, 3.63) is 133 Å². The van der Waals surface area contributed by atoms with Crippen LogP contribution in [0.2, 0.25) is 0 Å². The molecule has 0 saturated heterocycles. The van der Waals surface area contributed by atoms with E-state index in [1.54, 1.807) is 16.8 Å². The molecule has 1 N–H and O–H groups in total. The van der Waals surface area contributed by atoms with Gasteiger partial charge in [0.1, 0.15) is 17.3 Å². The SMILES string of the molecule is O=C(Nc1c2c(nn1-c1ccccc1)CS(Oc1ccccc1)(Oc1ccccc1)C2)Oc1ccccc1. The zero-order chi connectivity index (χ0) is 25.8. The van der Waals surface area contributed by atoms with Gasteiger partial charge < -0.3 is 13.1 Å². The number of anilines is 1. The van der Waals surface area contributed by atoms with Crippen LogP contribution in [0, 0.1) is 0 Å². The number of rotatable bonds is 7. The molecule has 0 fully saturated rings. The second kappa shape index (κ2) is 10.4. The van der Waals surface area contributed by atoms with Crippen molar-refractivity contribution in [1.82, 2.24) is 9.78 Å². The molecule has 0 radical (unpaired) electrons. The molecular weight excluding hydrogens is 498 g/mol. The Kier molecular flexibility index (Phi) is 6.46. The fraction of sp³-hybridized carbons (Fsp3) is 0.0667. The Bertz CT molecular complexity index is 1490. The zero-order valence-electron chi connectivity index (χ0n) is 20.4. The highest BCUT2D eigenvalue weighted by Crippen LogP contribution is 2.61. The van der Waals surface area contributed by atoms with Crippen molar-refractivity contribution in [3.63, 3.8) is 0 Å². The van der Waals surface area contributed by atoms with Crippen molar-refractivity contribution >= 4 is 22.5 Å². The van der Waals surface area contributed by atoms with Gasteiger partial charge in [0.05, 0.1) is 17.1 Å². The third-order valence-electron chi connectivity index (χ3n) is 5.95. The van der Waals surface area contributed by atoms with Gasteiger partial charge in [-0.2, -0.15) is 5.10 Å². The number of hydrogen-bond acceptors (Lipinski definition) is 5. The van der Waals surface area contributed by atoms with E-state index in [1.165, 1.54) is 0 Å². The number of hydrogen-bond donors (Lipinski definition) is 1. The molecule has 38 heavy (non-hydrogen) atoms. The smallest absolute Gasteiger partial charge is 0.410 e. The summed E-state index contributed by atoms with van der Waals surface area (Å²) in [6.07, 6.45) is -0.600. The highest BCUT2D eigenvalue weighted by molar-refractivity contribution is 8.25.